The van der Waals surface area contributed by atoms with Gasteiger partial charge >= 0.3 is 0 Å². The summed E-state index contributed by atoms with van der Waals surface area (Å²) < 4.78 is 0. The molecule has 0 amide bonds. The molecule has 2 aliphatic rings. The van der Waals surface area contributed by atoms with Crippen molar-refractivity contribution in [3.8, 4) is 0 Å². The lowest BCUT2D eigenvalue weighted by Crippen LogP contribution is -2.43. The molecule has 0 aromatic rings. The van der Waals surface area contributed by atoms with E-state index >= 15 is 0 Å². The van der Waals surface area contributed by atoms with Gasteiger partial charge in [-0.2, -0.15) is 0 Å². The summed E-state index contributed by atoms with van der Waals surface area (Å²) in [6, 6.07) is 0.507. The largest absolute Gasteiger partial charge is 0.327 e. The predicted molar refractivity (Wildman–Crippen MR) is 74.8 cm³/mol. The van der Waals surface area contributed by atoms with E-state index in [9.17, 15) is 0 Å². The Morgan fingerprint density at radius 1 is 1.00 bits per heavy atom. The Bertz CT molecular complexity index is 218. The van der Waals surface area contributed by atoms with Gasteiger partial charge in [0, 0.05) is 6.04 Å². The second-order valence-corrected chi connectivity index (χ2v) is 6.71. The molecule has 2 fully saturated rings. The number of nitrogens with two attached hydrogens (primary N) is 1. The maximum atomic E-state index is 6.63. The Morgan fingerprint density at radius 3 is 2.29 bits per heavy atom. The van der Waals surface area contributed by atoms with E-state index in [0.29, 0.717) is 6.04 Å². The molecule has 17 heavy (non-hydrogen) atoms. The van der Waals surface area contributed by atoms with Crippen LogP contribution in [0.3, 0.4) is 0 Å². The fourth-order valence-corrected chi connectivity index (χ4v) is 4.27. The lowest BCUT2D eigenvalue weighted by molar-refractivity contribution is 0.133. The Labute approximate surface area is 108 Å². The van der Waals surface area contributed by atoms with E-state index in [1.807, 2.05) is 0 Å². The van der Waals surface area contributed by atoms with E-state index in [1.165, 1.54) is 57.8 Å². The van der Waals surface area contributed by atoms with Crippen LogP contribution in [0.4, 0.5) is 0 Å². The zero-order valence-corrected chi connectivity index (χ0v) is 11.8. The molecule has 1 heteroatoms. The maximum absolute atomic E-state index is 6.63. The smallest absolute Gasteiger partial charge is 0.00982 e. The van der Waals surface area contributed by atoms with E-state index in [1.54, 1.807) is 0 Å². The molecule has 2 aliphatic carbocycles. The molecular weight excluding hydrogens is 206 g/mol. The second kappa shape index (κ2) is 6.22. The van der Waals surface area contributed by atoms with Gasteiger partial charge in [-0.3, -0.25) is 0 Å². The van der Waals surface area contributed by atoms with Gasteiger partial charge in [0.2, 0.25) is 0 Å². The van der Waals surface area contributed by atoms with Crippen LogP contribution in [0.25, 0.3) is 0 Å². The Morgan fingerprint density at radius 2 is 1.65 bits per heavy atom. The molecule has 0 aliphatic heterocycles. The van der Waals surface area contributed by atoms with Crippen molar-refractivity contribution in [3.05, 3.63) is 0 Å². The molecule has 2 N–H and O–H groups in total. The van der Waals surface area contributed by atoms with E-state index in [-0.39, 0.29) is 0 Å². The van der Waals surface area contributed by atoms with Crippen LogP contribution < -0.4 is 5.73 Å². The number of hydrogen-bond acceptors (Lipinski definition) is 1. The van der Waals surface area contributed by atoms with Gasteiger partial charge < -0.3 is 5.73 Å². The lowest BCUT2D eigenvalue weighted by atomic mass is 9.68. The van der Waals surface area contributed by atoms with Crippen molar-refractivity contribution >= 4 is 0 Å². The molecule has 0 spiro atoms. The molecule has 100 valence electrons. The Hall–Kier alpha value is -0.0400. The van der Waals surface area contributed by atoms with Crippen LogP contribution in [0, 0.1) is 23.7 Å². The first kappa shape index (κ1) is 13.4. The predicted octanol–water partition coefficient (Wildman–Crippen LogP) is 4.36. The summed E-state index contributed by atoms with van der Waals surface area (Å²) in [6.45, 7) is 4.76. The topological polar surface area (TPSA) is 26.0 Å². The standard InChI is InChI=1S/C16H31N/c1-3-13-6-4-5-7-15(13)16(17)14-10-8-12(2)9-11-14/h12-16H,3-11,17H2,1-2H3. The van der Waals surface area contributed by atoms with Gasteiger partial charge in [-0.25, -0.2) is 0 Å². The van der Waals surface area contributed by atoms with Crippen molar-refractivity contribution in [2.24, 2.45) is 29.4 Å². The quantitative estimate of drug-likeness (QED) is 0.775. The molecule has 0 aromatic carbocycles. The molecule has 3 atom stereocenters. The van der Waals surface area contributed by atoms with Crippen LogP contribution >= 0.6 is 0 Å². The van der Waals surface area contributed by atoms with Crippen molar-refractivity contribution in [1.29, 1.82) is 0 Å². The zero-order valence-electron chi connectivity index (χ0n) is 11.8. The summed E-state index contributed by atoms with van der Waals surface area (Å²) >= 11 is 0. The molecule has 0 heterocycles. The minimum Gasteiger partial charge on any atom is -0.327 e. The minimum atomic E-state index is 0.507. The molecule has 0 bridgehead atoms. The van der Waals surface area contributed by atoms with Crippen LogP contribution in [0.15, 0.2) is 0 Å². The summed E-state index contributed by atoms with van der Waals surface area (Å²) in [6.07, 6.45) is 12.7. The molecule has 0 saturated heterocycles. The summed E-state index contributed by atoms with van der Waals surface area (Å²) in [5, 5.41) is 0. The molecular formula is C16H31N. The highest BCUT2D eigenvalue weighted by atomic mass is 14.7. The third-order valence-corrected chi connectivity index (χ3v) is 5.59. The minimum absolute atomic E-state index is 0.507. The van der Waals surface area contributed by atoms with E-state index in [4.69, 9.17) is 5.73 Å². The van der Waals surface area contributed by atoms with Crippen molar-refractivity contribution in [2.45, 2.75) is 77.7 Å². The van der Waals surface area contributed by atoms with Crippen molar-refractivity contribution in [1.82, 2.24) is 0 Å². The SMILES string of the molecule is CCC1CCCCC1C(N)C1CCC(C)CC1. The third kappa shape index (κ3) is 3.24. The lowest BCUT2D eigenvalue weighted by Gasteiger charge is -2.40. The van der Waals surface area contributed by atoms with Crippen molar-refractivity contribution in [2.75, 3.05) is 0 Å². The zero-order chi connectivity index (χ0) is 12.3. The summed E-state index contributed by atoms with van der Waals surface area (Å²) in [7, 11) is 0. The van der Waals surface area contributed by atoms with Crippen LogP contribution in [-0.4, -0.2) is 6.04 Å². The average molecular weight is 237 g/mol. The van der Waals surface area contributed by atoms with Gasteiger partial charge in [-0.1, -0.05) is 52.4 Å². The van der Waals surface area contributed by atoms with Crippen LogP contribution in [0.5, 0.6) is 0 Å². The molecule has 3 unspecified atom stereocenters. The van der Waals surface area contributed by atoms with Gasteiger partial charge in [0.05, 0.1) is 0 Å². The highest BCUT2D eigenvalue weighted by Gasteiger charge is 2.34. The first-order valence-electron chi connectivity index (χ1n) is 7.98. The van der Waals surface area contributed by atoms with E-state index in [2.05, 4.69) is 13.8 Å². The Balaban J connectivity index is 1.90. The van der Waals surface area contributed by atoms with Gasteiger partial charge in [0.15, 0.2) is 0 Å². The maximum Gasteiger partial charge on any atom is 0.00982 e. The summed E-state index contributed by atoms with van der Waals surface area (Å²) in [5.41, 5.74) is 6.63. The van der Waals surface area contributed by atoms with Crippen LogP contribution in [0.1, 0.15) is 71.6 Å². The van der Waals surface area contributed by atoms with Crippen LogP contribution in [-0.2, 0) is 0 Å². The fourth-order valence-electron chi connectivity index (χ4n) is 4.27. The first-order valence-corrected chi connectivity index (χ1v) is 7.98. The summed E-state index contributed by atoms with van der Waals surface area (Å²) in [4.78, 5) is 0. The van der Waals surface area contributed by atoms with Gasteiger partial charge in [-0.15, -0.1) is 0 Å². The van der Waals surface area contributed by atoms with E-state index < -0.39 is 0 Å². The van der Waals surface area contributed by atoms with Gasteiger partial charge in [0.25, 0.3) is 0 Å². The first-order chi connectivity index (χ1) is 8.22. The second-order valence-electron chi connectivity index (χ2n) is 6.71. The van der Waals surface area contributed by atoms with Crippen molar-refractivity contribution < 1.29 is 0 Å². The average Bonchev–Trinajstić information content (AvgIpc) is 2.39. The number of rotatable bonds is 3. The van der Waals surface area contributed by atoms with E-state index in [0.717, 1.165) is 23.7 Å². The Kier molecular flexibility index (Phi) is 4.90. The fraction of sp³-hybridized carbons (Fsp3) is 1.00. The van der Waals surface area contributed by atoms with Gasteiger partial charge in [-0.05, 0) is 42.9 Å². The molecule has 2 rings (SSSR count). The molecule has 0 radical (unpaired) electrons. The molecule has 0 aromatic heterocycles. The molecule has 2 saturated carbocycles. The van der Waals surface area contributed by atoms with Crippen molar-refractivity contribution in [3.63, 3.8) is 0 Å². The summed E-state index contributed by atoms with van der Waals surface area (Å²) in [5.74, 6) is 3.56. The number of hydrogen-bond donors (Lipinski definition) is 1. The normalized spacial score (nSPS) is 41.1. The van der Waals surface area contributed by atoms with Crippen LogP contribution in [0.2, 0.25) is 0 Å². The third-order valence-electron chi connectivity index (χ3n) is 5.59. The molecule has 1 nitrogen and oxygen atoms in total. The highest BCUT2D eigenvalue weighted by Crippen LogP contribution is 2.39. The van der Waals surface area contributed by atoms with Gasteiger partial charge in [0.1, 0.15) is 0 Å². The highest BCUT2D eigenvalue weighted by molar-refractivity contribution is 4.88. The monoisotopic (exact) mass is 237 g/mol.